The Bertz CT molecular complexity index is 337. The van der Waals surface area contributed by atoms with Gasteiger partial charge in [0.25, 0.3) is 0 Å². The Morgan fingerprint density at radius 2 is 0.905 bits per heavy atom. The van der Waals surface area contributed by atoms with Crippen LogP contribution in [0.4, 0.5) is 0 Å². The number of rotatable bonds is 3. The van der Waals surface area contributed by atoms with E-state index in [1.807, 2.05) is 0 Å². The molecule has 0 saturated heterocycles. The second-order valence-electron chi connectivity index (χ2n) is 10.9. The Labute approximate surface area is 138 Å². The van der Waals surface area contributed by atoms with Crippen molar-refractivity contribution in [3.8, 4) is 0 Å². The molecule has 0 amide bonds. The number of hydrogen-bond acceptors (Lipinski definition) is 0. The average Bonchev–Trinajstić information content (AvgIpc) is 2.59. The van der Waals surface area contributed by atoms with Crippen LogP contribution in [0.1, 0.15) is 88.0 Å². The second kappa shape index (κ2) is 6.58. The normalized spacial score (nSPS) is 18.4. The van der Waals surface area contributed by atoms with Gasteiger partial charge in [0.1, 0.15) is 0 Å². The average molecular weight is 465 g/mol. The zero-order chi connectivity index (χ0) is 16.5. The van der Waals surface area contributed by atoms with Crippen molar-refractivity contribution in [1.29, 1.82) is 0 Å². The van der Waals surface area contributed by atoms with Crippen molar-refractivity contribution in [2.45, 2.75) is 102 Å². The first-order chi connectivity index (χ1) is 9.23. The molecule has 127 valence electrons. The Hall–Kier alpha value is 0.558. The Balaban J connectivity index is 3.37. The van der Waals surface area contributed by atoms with Gasteiger partial charge in [-0.25, -0.2) is 0 Å². The van der Waals surface area contributed by atoms with Crippen molar-refractivity contribution in [2.75, 3.05) is 0 Å². The topological polar surface area (TPSA) is 0 Å². The van der Waals surface area contributed by atoms with E-state index >= 15 is 0 Å². The molecule has 21 heavy (non-hydrogen) atoms. The van der Waals surface area contributed by atoms with Gasteiger partial charge in [-0.15, -0.1) is 0 Å². The zero-order valence-electron chi connectivity index (χ0n) is 16.4. The van der Waals surface area contributed by atoms with E-state index in [9.17, 15) is 0 Å². The van der Waals surface area contributed by atoms with Gasteiger partial charge in [-0.1, -0.05) is 0 Å². The van der Waals surface area contributed by atoms with Crippen LogP contribution >= 0.6 is 0 Å². The monoisotopic (exact) mass is 465 g/mol. The van der Waals surface area contributed by atoms with Gasteiger partial charge in [-0.05, 0) is 0 Å². The number of hydrogen-bond donors (Lipinski definition) is 0. The third-order valence-corrected chi connectivity index (χ3v) is 25.1. The Morgan fingerprint density at radius 3 is 1.14 bits per heavy atom. The molecule has 1 fully saturated rings. The van der Waals surface area contributed by atoms with E-state index in [0.717, 1.165) is 0 Å². The minimum absolute atomic E-state index is 0.501. The van der Waals surface area contributed by atoms with E-state index in [2.05, 4.69) is 66.2 Å². The molecular weight excluding hydrogens is 424 g/mol. The van der Waals surface area contributed by atoms with Crippen molar-refractivity contribution < 1.29 is 15.6 Å². The van der Waals surface area contributed by atoms with E-state index in [1.54, 1.807) is 14.4 Å². The summed E-state index contributed by atoms with van der Waals surface area (Å²) < 4.78 is 2.11. The summed E-state index contributed by atoms with van der Waals surface area (Å²) in [4.78, 5) is 4.68. The summed E-state index contributed by atoms with van der Waals surface area (Å²) in [6, 6.07) is 0. The fourth-order valence-corrected chi connectivity index (χ4v) is 29.5. The molecule has 1 aliphatic carbocycles. The fraction of sp³-hybridized carbons (Fsp3) is 0.950. The second-order valence-corrected chi connectivity index (χ2v) is 23.6. The summed E-state index contributed by atoms with van der Waals surface area (Å²) in [6.07, 6.45) is 5.92. The van der Waals surface area contributed by atoms with Gasteiger partial charge >= 0.3 is 138 Å². The molecule has 1 rings (SSSR count). The quantitative estimate of drug-likeness (QED) is 0.411. The van der Waals surface area contributed by atoms with Gasteiger partial charge < -0.3 is 0 Å². The summed E-state index contributed by atoms with van der Waals surface area (Å²) in [5.41, 5.74) is 1.50. The van der Waals surface area contributed by atoms with Crippen molar-refractivity contribution >= 4 is 3.90 Å². The van der Waals surface area contributed by atoms with Gasteiger partial charge in [0.2, 0.25) is 0 Å². The summed E-state index contributed by atoms with van der Waals surface area (Å²) in [5, 5.41) is 0. The van der Waals surface area contributed by atoms with Crippen LogP contribution in [0.2, 0.25) is 14.4 Å². The van der Waals surface area contributed by atoms with Crippen LogP contribution in [-0.2, 0) is 15.6 Å². The van der Waals surface area contributed by atoms with Gasteiger partial charge in [0.15, 0.2) is 0 Å². The molecule has 0 heterocycles. The third kappa shape index (κ3) is 7.11. The molecule has 0 bridgehead atoms. The summed E-state index contributed by atoms with van der Waals surface area (Å²) in [7, 11) is 0. The Morgan fingerprint density at radius 1 is 0.619 bits per heavy atom. The molecule has 0 N–H and O–H groups in total. The van der Waals surface area contributed by atoms with Crippen molar-refractivity contribution in [3.05, 3.63) is 0 Å². The van der Waals surface area contributed by atoms with Crippen molar-refractivity contribution in [2.24, 2.45) is 16.2 Å². The van der Waals surface area contributed by atoms with Crippen molar-refractivity contribution in [1.82, 2.24) is 0 Å². The molecule has 0 aromatic heterocycles. The maximum atomic E-state index is 2.49. The molecule has 0 aromatic carbocycles. The summed E-state index contributed by atoms with van der Waals surface area (Å²) in [6.45, 7) is 22.4. The van der Waals surface area contributed by atoms with E-state index in [-0.39, 0.29) is 0 Å². The van der Waals surface area contributed by atoms with Gasteiger partial charge in [0, 0.05) is 0 Å². The molecule has 0 radical (unpaired) electrons. The molecule has 0 spiro atoms. The van der Waals surface area contributed by atoms with Crippen LogP contribution < -0.4 is 0 Å². The predicted octanol–water partition coefficient (Wildman–Crippen LogP) is 7.28. The first-order valence-corrected chi connectivity index (χ1v) is 16.5. The van der Waals surface area contributed by atoms with E-state index in [0.29, 0.717) is 16.2 Å². The maximum absolute atomic E-state index is 2.49. The molecule has 0 aromatic rings. The standard InChI is InChI=1S/C5H8.3C5H11.W/c1-2-4-5-3-1;3*1-5(2,3)4;/h1-4H2;3*1H2,2-4H3;. The molecule has 0 aliphatic heterocycles. The third-order valence-electron chi connectivity index (χ3n) is 3.90. The molecular formula is C20H41W. The summed E-state index contributed by atoms with van der Waals surface area (Å²) >= 11 is -2.25. The molecule has 1 aliphatic rings. The first-order valence-electron chi connectivity index (χ1n) is 8.84. The summed E-state index contributed by atoms with van der Waals surface area (Å²) in [5.74, 6) is 0. The molecule has 0 unspecified atom stereocenters. The fourth-order valence-electron chi connectivity index (χ4n) is 4.15. The minimum atomic E-state index is -2.25. The first kappa shape index (κ1) is 19.6. The molecule has 0 atom stereocenters. The Kier molecular flexibility index (Phi) is 6.15. The van der Waals surface area contributed by atoms with E-state index in [1.165, 1.54) is 25.7 Å². The van der Waals surface area contributed by atoms with Gasteiger partial charge in [-0.3, -0.25) is 0 Å². The van der Waals surface area contributed by atoms with Crippen LogP contribution in [0.25, 0.3) is 0 Å². The van der Waals surface area contributed by atoms with Crippen molar-refractivity contribution in [3.63, 3.8) is 0 Å². The van der Waals surface area contributed by atoms with Crippen LogP contribution in [0.15, 0.2) is 0 Å². The van der Waals surface area contributed by atoms with E-state index < -0.39 is 15.6 Å². The van der Waals surface area contributed by atoms with Gasteiger partial charge in [-0.2, -0.15) is 0 Å². The van der Waals surface area contributed by atoms with E-state index in [4.69, 9.17) is 0 Å². The molecule has 1 saturated carbocycles. The SMILES string of the molecule is CC(C)(C)[CH2][W]([CH2]C(C)(C)C)([CH2]C(C)(C)C)=[C]1CCCC1. The van der Waals surface area contributed by atoms with Crippen LogP contribution in [0, 0.1) is 16.2 Å². The molecule has 1 heteroatoms. The molecule has 0 nitrogen and oxygen atoms in total. The van der Waals surface area contributed by atoms with Crippen LogP contribution in [0.5, 0.6) is 0 Å². The predicted molar refractivity (Wildman–Crippen MR) is 96.3 cm³/mol. The van der Waals surface area contributed by atoms with Crippen LogP contribution in [0.3, 0.4) is 0 Å². The zero-order valence-corrected chi connectivity index (χ0v) is 19.3. The van der Waals surface area contributed by atoms with Crippen LogP contribution in [-0.4, -0.2) is 3.90 Å². The van der Waals surface area contributed by atoms with Gasteiger partial charge in [0.05, 0.1) is 0 Å².